The zero-order valence-corrected chi connectivity index (χ0v) is 13.2. The van der Waals surface area contributed by atoms with Gasteiger partial charge in [-0.15, -0.1) is 0 Å². The number of rotatable bonds is 12. The molecular formula is C16H29NOS. The van der Waals surface area contributed by atoms with E-state index < -0.39 is 0 Å². The van der Waals surface area contributed by atoms with Gasteiger partial charge in [-0.1, -0.05) is 70.8 Å². The molecule has 19 heavy (non-hydrogen) atoms. The van der Waals surface area contributed by atoms with Gasteiger partial charge in [0.25, 0.3) is 0 Å². The molecule has 0 spiro atoms. The first-order chi connectivity index (χ1) is 9.38. The standard InChI is InChI=1S/C16H29NOS/c1-2-3-4-5-6-7-8-9-10-11-13-17-16(15-18)12-14-19-17/h12,14-16H,2-11,13H2,1H3. The maximum Gasteiger partial charge on any atom is 0.141 e. The Kier molecular flexibility index (Phi) is 10.2. The number of carbonyl (C=O) groups is 1. The minimum atomic E-state index is 0.0172. The van der Waals surface area contributed by atoms with Crippen molar-refractivity contribution >= 4 is 18.2 Å². The van der Waals surface area contributed by atoms with Crippen molar-refractivity contribution in [3.8, 4) is 0 Å². The summed E-state index contributed by atoms with van der Waals surface area (Å²) in [6.45, 7) is 3.31. The van der Waals surface area contributed by atoms with E-state index in [4.69, 9.17) is 0 Å². The van der Waals surface area contributed by atoms with Gasteiger partial charge in [-0.05, 0) is 23.8 Å². The van der Waals surface area contributed by atoms with E-state index in [1.807, 2.05) is 11.5 Å². The van der Waals surface area contributed by atoms with Crippen LogP contribution in [0.25, 0.3) is 0 Å². The first-order valence-corrected chi connectivity index (χ1v) is 8.77. The van der Waals surface area contributed by atoms with Gasteiger partial charge in [-0.25, -0.2) is 4.31 Å². The van der Waals surface area contributed by atoms with Crippen LogP contribution in [0, 0.1) is 0 Å². The van der Waals surface area contributed by atoms with Crippen LogP contribution in [0.4, 0.5) is 0 Å². The number of unbranched alkanes of at least 4 members (excludes halogenated alkanes) is 9. The van der Waals surface area contributed by atoms with Crippen LogP contribution in [-0.4, -0.2) is 23.2 Å². The summed E-state index contributed by atoms with van der Waals surface area (Å²) in [4.78, 5) is 10.8. The molecule has 2 nitrogen and oxygen atoms in total. The summed E-state index contributed by atoms with van der Waals surface area (Å²) < 4.78 is 2.18. The molecule has 0 aliphatic carbocycles. The van der Waals surface area contributed by atoms with Crippen LogP contribution in [-0.2, 0) is 4.79 Å². The maximum absolute atomic E-state index is 10.8. The molecule has 0 saturated carbocycles. The van der Waals surface area contributed by atoms with Gasteiger partial charge in [0, 0.05) is 6.54 Å². The fourth-order valence-electron chi connectivity index (χ4n) is 2.43. The van der Waals surface area contributed by atoms with Gasteiger partial charge in [0.15, 0.2) is 0 Å². The van der Waals surface area contributed by atoms with Crippen LogP contribution < -0.4 is 0 Å². The van der Waals surface area contributed by atoms with Gasteiger partial charge >= 0.3 is 0 Å². The quantitative estimate of drug-likeness (QED) is 0.287. The maximum atomic E-state index is 10.8. The van der Waals surface area contributed by atoms with E-state index in [0.717, 1.165) is 12.8 Å². The average Bonchev–Trinajstić information content (AvgIpc) is 2.88. The summed E-state index contributed by atoms with van der Waals surface area (Å²) in [5.41, 5.74) is 0. The molecule has 0 bridgehead atoms. The predicted octanol–water partition coefficient (Wildman–Crippen LogP) is 4.95. The van der Waals surface area contributed by atoms with Crippen molar-refractivity contribution in [3.05, 3.63) is 11.5 Å². The molecule has 0 amide bonds. The second-order valence-corrected chi connectivity index (χ2v) is 6.34. The number of nitrogens with zero attached hydrogens (tertiary/aromatic N) is 1. The molecule has 0 fully saturated rings. The Morgan fingerprint density at radius 2 is 1.58 bits per heavy atom. The van der Waals surface area contributed by atoms with Crippen molar-refractivity contribution in [2.24, 2.45) is 0 Å². The molecule has 1 heterocycles. The third-order valence-corrected chi connectivity index (χ3v) is 4.65. The summed E-state index contributed by atoms with van der Waals surface area (Å²) in [5.74, 6) is 0. The average molecular weight is 283 g/mol. The van der Waals surface area contributed by atoms with Crippen molar-refractivity contribution in [1.82, 2.24) is 4.31 Å². The minimum absolute atomic E-state index is 0.0172. The third-order valence-electron chi connectivity index (χ3n) is 3.68. The lowest BCUT2D eigenvalue weighted by atomic mass is 10.1. The lowest BCUT2D eigenvalue weighted by Crippen LogP contribution is -2.26. The van der Waals surface area contributed by atoms with Crippen LogP contribution in [0.1, 0.15) is 71.1 Å². The van der Waals surface area contributed by atoms with E-state index in [1.54, 1.807) is 11.9 Å². The first kappa shape index (κ1) is 16.8. The molecule has 0 saturated heterocycles. The number of carbonyl (C=O) groups excluding carboxylic acids is 1. The largest absolute Gasteiger partial charge is 0.301 e. The van der Waals surface area contributed by atoms with E-state index in [2.05, 4.69) is 11.2 Å². The van der Waals surface area contributed by atoms with Crippen LogP contribution in [0.3, 0.4) is 0 Å². The summed E-state index contributed by atoms with van der Waals surface area (Å²) in [6, 6.07) is 0.0172. The lowest BCUT2D eigenvalue weighted by Gasteiger charge is -2.17. The fraction of sp³-hybridized carbons (Fsp3) is 0.812. The molecule has 0 aromatic carbocycles. The molecule has 0 aromatic heterocycles. The zero-order valence-electron chi connectivity index (χ0n) is 12.4. The van der Waals surface area contributed by atoms with Crippen molar-refractivity contribution in [2.45, 2.75) is 77.2 Å². The third kappa shape index (κ3) is 7.78. The second kappa shape index (κ2) is 11.5. The Bertz CT molecular complexity index is 255. The minimum Gasteiger partial charge on any atom is -0.301 e. The highest BCUT2D eigenvalue weighted by Crippen LogP contribution is 2.23. The SMILES string of the molecule is CCCCCCCCCCCCN1SC=CC1C=O. The molecule has 1 rings (SSSR count). The van der Waals surface area contributed by atoms with Gasteiger partial charge in [0.1, 0.15) is 6.29 Å². The Balaban J connectivity index is 1.82. The van der Waals surface area contributed by atoms with E-state index in [-0.39, 0.29) is 6.04 Å². The van der Waals surface area contributed by atoms with Crippen molar-refractivity contribution in [2.75, 3.05) is 6.54 Å². The smallest absolute Gasteiger partial charge is 0.141 e. The number of hydrogen-bond acceptors (Lipinski definition) is 3. The van der Waals surface area contributed by atoms with Gasteiger partial charge in [-0.3, -0.25) is 0 Å². The van der Waals surface area contributed by atoms with Crippen molar-refractivity contribution in [3.63, 3.8) is 0 Å². The van der Waals surface area contributed by atoms with Crippen LogP contribution in [0.15, 0.2) is 11.5 Å². The van der Waals surface area contributed by atoms with Gasteiger partial charge in [0.05, 0.1) is 6.04 Å². The molecular weight excluding hydrogens is 254 g/mol. The van der Waals surface area contributed by atoms with E-state index in [1.165, 1.54) is 64.2 Å². The molecule has 0 N–H and O–H groups in total. The second-order valence-electron chi connectivity index (χ2n) is 5.38. The predicted molar refractivity (Wildman–Crippen MR) is 85.1 cm³/mol. The highest BCUT2D eigenvalue weighted by Gasteiger charge is 2.18. The molecule has 1 unspecified atom stereocenters. The topological polar surface area (TPSA) is 20.3 Å². The van der Waals surface area contributed by atoms with Crippen molar-refractivity contribution in [1.29, 1.82) is 0 Å². The zero-order chi connectivity index (χ0) is 13.8. The summed E-state index contributed by atoms with van der Waals surface area (Å²) >= 11 is 1.68. The van der Waals surface area contributed by atoms with Crippen molar-refractivity contribution < 1.29 is 4.79 Å². The van der Waals surface area contributed by atoms with Gasteiger partial charge in [-0.2, -0.15) is 0 Å². The molecule has 1 atom stereocenters. The first-order valence-electron chi connectivity index (χ1n) is 7.94. The lowest BCUT2D eigenvalue weighted by molar-refractivity contribution is -0.109. The van der Waals surface area contributed by atoms with E-state index in [9.17, 15) is 4.79 Å². The molecule has 0 radical (unpaired) electrons. The monoisotopic (exact) mass is 283 g/mol. The molecule has 1 aliphatic heterocycles. The van der Waals surface area contributed by atoms with E-state index >= 15 is 0 Å². The Labute approximate surface area is 123 Å². The highest BCUT2D eigenvalue weighted by atomic mass is 32.2. The van der Waals surface area contributed by atoms with Crippen LogP contribution in [0.5, 0.6) is 0 Å². The molecule has 3 heteroatoms. The highest BCUT2D eigenvalue weighted by molar-refractivity contribution is 8.00. The summed E-state index contributed by atoms with van der Waals surface area (Å²) in [6.07, 6.45) is 16.7. The molecule has 110 valence electrons. The number of hydrogen-bond donors (Lipinski definition) is 0. The van der Waals surface area contributed by atoms with Crippen LogP contribution in [0.2, 0.25) is 0 Å². The summed E-state index contributed by atoms with van der Waals surface area (Å²) in [7, 11) is 0. The molecule has 0 aromatic rings. The molecule has 1 aliphatic rings. The van der Waals surface area contributed by atoms with Gasteiger partial charge < -0.3 is 4.79 Å². The van der Waals surface area contributed by atoms with E-state index in [0.29, 0.717) is 0 Å². The Morgan fingerprint density at radius 3 is 2.16 bits per heavy atom. The summed E-state index contributed by atoms with van der Waals surface area (Å²) in [5, 5.41) is 2.02. The number of aldehydes is 1. The Morgan fingerprint density at radius 1 is 1.00 bits per heavy atom. The Hall–Kier alpha value is -0.280. The fourth-order valence-corrected chi connectivity index (χ4v) is 3.31. The normalized spacial score (nSPS) is 19.1. The van der Waals surface area contributed by atoms with Crippen LogP contribution >= 0.6 is 11.9 Å². The van der Waals surface area contributed by atoms with Gasteiger partial charge in [0.2, 0.25) is 0 Å².